The van der Waals surface area contributed by atoms with E-state index in [4.69, 9.17) is 4.42 Å². The van der Waals surface area contributed by atoms with E-state index < -0.39 is 0 Å². The fourth-order valence-electron chi connectivity index (χ4n) is 3.98. The Morgan fingerprint density at radius 1 is 0.967 bits per heavy atom. The molecular formula is C24H24N4OPt. The van der Waals surface area contributed by atoms with Gasteiger partial charge in [-0.3, -0.25) is 0 Å². The minimum atomic E-state index is 0.929. The van der Waals surface area contributed by atoms with Crippen molar-refractivity contribution in [3.8, 4) is 5.69 Å². The molecule has 0 radical (unpaired) electrons. The number of hydrogen-bond donors (Lipinski definition) is 1. The van der Waals surface area contributed by atoms with Gasteiger partial charge in [0.2, 0.25) is 0 Å². The van der Waals surface area contributed by atoms with Gasteiger partial charge in [0.25, 0.3) is 0 Å². The molecule has 0 saturated carbocycles. The first-order valence-corrected chi connectivity index (χ1v) is 11.5. The van der Waals surface area contributed by atoms with Crippen LogP contribution >= 0.6 is 0 Å². The van der Waals surface area contributed by atoms with Gasteiger partial charge in [0.15, 0.2) is 0 Å². The summed E-state index contributed by atoms with van der Waals surface area (Å²) in [6, 6.07) is 16.8. The Hall–Kier alpha value is -2.65. The van der Waals surface area contributed by atoms with Gasteiger partial charge in [-0.2, -0.15) is 0 Å². The van der Waals surface area contributed by atoms with E-state index in [0.29, 0.717) is 0 Å². The first-order valence-electron chi connectivity index (χ1n) is 10.3. The van der Waals surface area contributed by atoms with Crippen LogP contribution in [0.1, 0.15) is 30.7 Å². The van der Waals surface area contributed by atoms with Crippen molar-refractivity contribution < 1.29 is 23.8 Å². The average Bonchev–Trinajstić information content (AvgIpc) is 3.44. The molecule has 0 spiro atoms. The molecule has 156 valence electrons. The van der Waals surface area contributed by atoms with E-state index in [9.17, 15) is 0 Å². The van der Waals surface area contributed by atoms with E-state index in [1.165, 1.54) is 27.7 Å². The third-order valence-electron chi connectivity index (χ3n) is 5.53. The van der Waals surface area contributed by atoms with Gasteiger partial charge in [-0.25, -0.2) is 0 Å². The zero-order chi connectivity index (χ0) is 20.5. The van der Waals surface area contributed by atoms with Crippen LogP contribution in [0, 0.1) is 10.7 Å². The second kappa shape index (κ2) is 8.23. The molecule has 3 aromatic heterocycles. The summed E-state index contributed by atoms with van der Waals surface area (Å²) in [5.74, 6) is 0. The maximum absolute atomic E-state index is 6.06. The number of fused-ring (bicyclic) bond motifs is 3. The van der Waals surface area contributed by atoms with Crippen LogP contribution in [-0.2, 0) is 32.3 Å². The van der Waals surface area contributed by atoms with Gasteiger partial charge in [0.1, 0.15) is 0 Å². The number of aryl methyl sites for hydroxylation is 3. The van der Waals surface area contributed by atoms with Gasteiger partial charge in [0, 0.05) is 0 Å². The summed E-state index contributed by atoms with van der Waals surface area (Å²) < 4.78 is 11.8. The van der Waals surface area contributed by atoms with Gasteiger partial charge in [-0.05, 0) is 0 Å². The van der Waals surface area contributed by atoms with Crippen molar-refractivity contribution >= 4 is 21.9 Å². The van der Waals surface area contributed by atoms with Crippen LogP contribution in [0.3, 0.4) is 0 Å². The van der Waals surface area contributed by atoms with E-state index in [2.05, 4.69) is 87.5 Å². The number of rotatable bonds is 7. The molecule has 0 saturated heterocycles. The molecule has 0 aliphatic carbocycles. The standard InChI is InChI=1S/C24H24N4O.Pt/c1-18-15-19(26-25-18)7-3-2-6-12-27-13-14-28(17-27)20-10-11-22-21-8-4-5-9-23(21)29-24(22)16-20;/h4-5,8-11,13-16H,2-3,6-7,12H2,1H3,(H,25,26);. The Balaban J connectivity index is 1.27. The van der Waals surface area contributed by atoms with Crippen molar-refractivity contribution in [3.05, 3.63) is 76.1 Å². The molecule has 0 bridgehead atoms. The Morgan fingerprint density at radius 2 is 1.83 bits per heavy atom. The van der Waals surface area contributed by atoms with Crippen LogP contribution in [0.4, 0.5) is 0 Å². The number of unbranched alkanes of at least 4 members (excludes halogenated alkanes) is 2. The number of H-pyrrole nitrogens is 1. The van der Waals surface area contributed by atoms with Crippen LogP contribution in [-0.4, -0.2) is 19.3 Å². The zero-order valence-corrected chi connectivity index (χ0v) is 19.1. The third kappa shape index (κ3) is 3.74. The maximum atomic E-state index is 6.06. The van der Waals surface area contributed by atoms with Crippen molar-refractivity contribution in [3.63, 3.8) is 0 Å². The predicted octanol–water partition coefficient (Wildman–Crippen LogP) is 5.70. The quantitative estimate of drug-likeness (QED) is 0.252. The fourth-order valence-corrected chi connectivity index (χ4v) is 4.86. The topological polar surface area (TPSA) is 51.7 Å². The zero-order valence-electron chi connectivity index (χ0n) is 16.9. The van der Waals surface area contributed by atoms with E-state index in [-0.39, 0.29) is 0 Å². The number of nitrogens with zero attached hydrogens (tertiary/aromatic N) is 3. The Labute approximate surface area is 185 Å². The summed E-state index contributed by atoms with van der Waals surface area (Å²) in [5, 5.41) is 9.66. The molecule has 5 rings (SSSR count). The number of benzene rings is 2. The van der Waals surface area contributed by atoms with Crippen molar-refractivity contribution in [2.45, 2.75) is 39.2 Å². The summed E-state index contributed by atoms with van der Waals surface area (Å²) in [4.78, 5) is 0. The molecule has 0 unspecified atom stereocenters. The summed E-state index contributed by atoms with van der Waals surface area (Å²) in [5.41, 5.74) is 5.30. The Bertz CT molecular complexity index is 1370. The number of nitrogens with one attached hydrogen (secondary N) is 1. The van der Waals surface area contributed by atoms with Gasteiger partial charge in [0.05, 0.1) is 0 Å². The molecule has 5 nitrogen and oxygen atoms in total. The molecule has 0 fully saturated rings. The molecule has 5 aromatic rings. The average molecular weight is 580 g/mol. The number of imidazole rings is 1. The summed E-state index contributed by atoms with van der Waals surface area (Å²) in [6.45, 7) is 3.07. The van der Waals surface area contributed by atoms with Crippen molar-refractivity contribution in [2.24, 2.45) is 0 Å². The van der Waals surface area contributed by atoms with E-state index in [1.54, 1.807) is 0 Å². The molecule has 2 aromatic carbocycles. The van der Waals surface area contributed by atoms with E-state index in [0.717, 1.165) is 47.3 Å². The second-order valence-electron chi connectivity index (χ2n) is 7.73. The van der Waals surface area contributed by atoms with Crippen LogP contribution < -0.4 is 0 Å². The van der Waals surface area contributed by atoms with Crippen LogP contribution in [0.5, 0.6) is 0 Å². The van der Waals surface area contributed by atoms with Crippen molar-refractivity contribution in [1.82, 2.24) is 19.3 Å². The van der Waals surface area contributed by atoms with Gasteiger partial charge >= 0.3 is 186 Å². The van der Waals surface area contributed by atoms with Crippen LogP contribution in [0.25, 0.3) is 27.6 Å². The molecule has 6 heteroatoms. The van der Waals surface area contributed by atoms with E-state index >= 15 is 0 Å². The summed E-state index contributed by atoms with van der Waals surface area (Å²) in [6.07, 6.45) is 8.89. The molecule has 0 atom stereocenters. The predicted molar refractivity (Wildman–Crippen MR) is 115 cm³/mol. The Kier molecular flexibility index (Phi) is 5.30. The first kappa shape index (κ1) is 19.3. The number of furan rings is 1. The summed E-state index contributed by atoms with van der Waals surface area (Å²) in [7, 11) is 0. The third-order valence-corrected chi connectivity index (χ3v) is 6.73. The van der Waals surface area contributed by atoms with Gasteiger partial charge in [-0.15, -0.1) is 0 Å². The number of para-hydroxylation sites is 1. The van der Waals surface area contributed by atoms with Crippen molar-refractivity contribution in [1.29, 1.82) is 0 Å². The molecule has 0 aliphatic rings. The first-order chi connectivity index (χ1) is 14.7. The number of hydrogen-bond acceptors (Lipinski definition) is 2. The Morgan fingerprint density at radius 3 is 2.70 bits per heavy atom. The normalized spacial score (nSPS) is 11.7. The van der Waals surface area contributed by atoms with Gasteiger partial charge in [-0.1, -0.05) is 0 Å². The van der Waals surface area contributed by atoms with Crippen LogP contribution in [0.15, 0.2) is 65.3 Å². The van der Waals surface area contributed by atoms with Crippen molar-refractivity contribution in [2.75, 3.05) is 0 Å². The van der Waals surface area contributed by atoms with Gasteiger partial charge < -0.3 is 0 Å². The molecule has 0 aliphatic heterocycles. The monoisotopic (exact) mass is 579 g/mol. The molecule has 1 N–H and O–H groups in total. The van der Waals surface area contributed by atoms with E-state index in [1.807, 2.05) is 19.1 Å². The molecular weight excluding hydrogens is 555 g/mol. The summed E-state index contributed by atoms with van der Waals surface area (Å²) >= 11 is 2.41. The molecule has 3 heterocycles. The van der Waals surface area contributed by atoms with Crippen LogP contribution in [0.2, 0.25) is 0 Å². The SMILES string of the molecule is Cc1cc(CCCCCn2ccn(-c3ccc4c(c3)oc3ccccc34)[c]2=[Pt])n[nH]1. The minimum absolute atomic E-state index is 0.929. The molecule has 0 amide bonds. The number of aromatic amines is 1. The molecule has 30 heavy (non-hydrogen) atoms. The second-order valence-corrected chi connectivity index (χ2v) is 8.75. The number of aromatic nitrogens is 4. The fraction of sp³-hybridized carbons (Fsp3) is 0.250.